The molecule has 0 aromatic carbocycles. The van der Waals surface area contributed by atoms with Gasteiger partial charge in [-0.15, -0.1) is 10.2 Å². The highest BCUT2D eigenvalue weighted by atomic mass is 32.2. The first-order chi connectivity index (χ1) is 13.3. The fourth-order valence-electron chi connectivity index (χ4n) is 3.64. The van der Waals surface area contributed by atoms with E-state index in [0.717, 1.165) is 42.1 Å². The van der Waals surface area contributed by atoms with Gasteiger partial charge in [0.1, 0.15) is 5.76 Å². The summed E-state index contributed by atoms with van der Waals surface area (Å²) in [5.41, 5.74) is 0. The maximum absolute atomic E-state index is 11.2. The number of thioether (sulfide) groups is 1. The van der Waals surface area contributed by atoms with Crippen LogP contribution in [-0.2, 0) is 16.6 Å². The first-order valence-electron chi connectivity index (χ1n) is 9.60. The van der Waals surface area contributed by atoms with Gasteiger partial charge in [0.2, 0.25) is 16.0 Å². The minimum atomic E-state index is -3.14. The number of hydrogen-bond acceptors (Lipinski definition) is 7. The topological polar surface area (TPSA) is 93.3 Å². The Morgan fingerprint density at radius 2 is 2.04 bits per heavy atom. The van der Waals surface area contributed by atoms with Crippen molar-refractivity contribution >= 4 is 27.7 Å². The van der Waals surface area contributed by atoms with Gasteiger partial charge in [0.15, 0.2) is 5.16 Å². The molecule has 2 aromatic rings. The van der Waals surface area contributed by atoms with Crippen LogP contribution >= 0.6 is 11.8 Å². The van der Waals surface area contributed by atoms with Crippen LogP contribution < -0.4 is 9.62 Å². The summed E-state index contributed by atoms with van der Waals surface area (Å²) in [5.74, 6) is 3.74. The Labute approximate surface area is 171 Å². The van der Waals surface area contributed by atoms with Crippen LogP contribution in [0.1, 0.15) is 32.4 Å². The van der Waals surface area contributed by atoms with Crippen LogP contribution in [0, 0.1) is 11.8 Å². The van der Waals surface area contributed by atoms with E-state index in [0.29, 0.717) is 24.9 Å². The number of furan rings is 1. The predicted octanol–water partition coefficient (Wildman–Crippen LogP) is 2.43. The third-order valence-corrected chi connectivity index (χ3v) is 6.44. The molecule has 0 bridgehead atoms. The SMILES string of the molecule is CC1CC(C)CN(c2nnc(SCCCNS(C)(=O)=O)n2Cc2ccco2)C1. The van der Waals surface area contributed by atoms with E-state index in [1.807, 2.05) is 12.1 Å². The molecular weight excluding hydrogens is 398 g/mol. The van der Waals surface area contributed by atoms with Crippen LogP contribution in [0.2, 0.25) is 0 Å². The molecule has 0 radical (unpaired) electrons. The summed E-state index contributed by atoms with van der Waals surface area (Å²) in [6, 6.07) is 3.84. The molecule has 28 heavy (non-hydrogen) atoms. The molecule has 156 valence electrons. The second-order valence-corrected chi connectivity index (χ2v) is 10.6. The molecule has 2 aromatic heterocycles. The third kappa shape index (κ3) is 5.99. The minimum absolute atomic E-state index is 0.423. The Kier molecular flexibility index (Phi) is 7.05. The molecule has 0 spiro atoms. The number of nitrogens with one attached hydrogen (secondary N) is 1. The van der Waals surface area contributed by atoms with Gasteiger partial charge in [0, 0.05) is 25.4 Å². The third-order valence-electron chi connectivity index (χ3n) is 4.66. The normalized spacial score (nSPS) is 20.6. The van der Waals surface area contributed by atoms with E-state index in [-0.39, 0.29) is 0 Å². The summed E-state index contributed by atoms with van der Waals surface area (Å²) in [6.07, 6.45) is 4.80. The van der Waals surface area contributed by atoms with E-state index < -0.39 is 10.0 Å². The predicted molar refractivity (Wildman–Crippen MR) is 111 cm³/mol. The molecule has 0 amide bonds. The minimum Gasteiger partial charge on any atom is -0.467 e. The highest BCUT2D eigenvalue weighted by Gasteiger charge is 2.27. The summed E-state index contributed by atoms with van der Waals surface area (Å²) in [4.78, 5) is 2.32. The number of anilines is 1. The Morgan fingerprint density at radius 3 is 2.68 bits per heavy atom. The van der Waals surface area contributed by atoms with Crippen molar-refractivity contribution in [2.24, 2.45) is 11.8 Å². The van der Waals surface area contributed by atoms with E-state index in [1.54, 1.807) is 18.0 Å². The summed E-state index contributed by atoms with van der Waals surface area (Å²) in [7, 11) is -3.14. The molecule has 1 aliphatic heterocycles. The quantitative estimate of drug-likeness (QED) is 0.485. The zero-order valence-electron chi connectivity index (χ0n) is 16.7. The van der Waals surface area contributed by atoms with Crippen LogP contribution in [0.25, 0.3) is 0 Å². The fraction of sp³-hybridized carbons (Fsp3) is 0.667. The van der Waals surface area contributed by atoms with E-state index >= 15 is 0 Å². The average Bonchev–Trinajstić information content (AvgIpc) is 3.23. The first kappa shape index (κ1) is 21.2. The highest BCUT2D eigenvalue weighted by molar-refractivity contribution is 7.99. The van der Waals surface area contributed by atoms with Crippen LogP contribution in [0.5, 0.6) is 0 Å². The molecule has 3 heterocycles. The van der Waals surface area contributed by atoms with Gasteiger partial charge in [-0.1, -0.05) is 25.6 Å². The molecule has 1 saturated heterocycles. The van der Waals surface area contributed by atoms with Gasteiger partial charge in [-0.3, -0.25) is 4.57 Å². The number of rotatable bonds is 9. The zero-order valence-corrected chi connectivity index (χ0v) is 18.3. The largest absolute Gasteiger partial charge is 0.467 e. The van der Waals surface area contributed by atoms with Crippen molar-refractivity contribution in [2.75, 3.05) is 36.5 Å². The molecule has 2 unspecified atom stereocenters. The number of aromatic nitrogens is 3. The first-order valence-corrected chi connectivity index (χ1v) is 12.5. The van der Waals surface area contributed by atoms with Crippen molar-refractivity contribution < 1.29 is 12.8 Å². The van der Waals surface area contributed by atoms with Crippen molar-refractivity contribution in [1.82, 2.24) is 19.5 Å². The molecular formula is C18H29N5O3S2. The number of sulfonamides is 1. The molecule has 1 N–H and O–H groups in total. The van der Waals surface area contributed by atoms with Gasteiger partial charge in [-0.2, -0.15) is 0 Å². The van der Waals surface area contributed by atoms with Crippen LogP contribution in [-0.4, -0.2) is 54.8 Å². The Hall–Kier alpha value is -1.52. The molecule has 10 heteroatoms. The smallest absolute Gasteiger partial charge is 0.228 e. The molecule has 0 saturated carbocycles. The number of piperidine rings is 1. The maximum atomic E-state index is 11.2. The van der Waals surface area contributed by atoms with Gasteiger partial charge < -0.3 is 9.32 Å². The maximum Gasteiger partial charge on any atom is 0.228 e. The summed E-state index contributed by atoms with van der Waals surface area (Å²) < 4.78 is 32.5. The van der Waals surface area contributed by atoms with Crippen LogP contribution in [0.3, 0.4) is 0 Å². The Morgan fingerprint density at radius 1 is 1.29 bits per heavy atom. The van der Waals surface area contributed by atoms with Crippen molar-refractivity contribution in [3.63, 3.8) is 0 Å². The van der Waals surface area contributed by atoms with E-state index in [4.69, 9.17) is 4.42 Å². The standard InChI is InChI=1S/C18H29N5O3S2/c1-14-10-15(2)12-22(11-14)17-20-21-18(23(17)13-16-6-4-8-26-16)27-9-5-7-19-28(3,24)25/h4,6,8,14-15,19H,5,7,9-13H2,1-3H3. The lowest BCUT2D eigenvalue weighted by Crippen LogP contribution is -2.40. The summed E-state index contributed by atoms with van der Waals surface area (Å²) in [5, 5.41) is 9.74. The van der Waals surface area contributed by atoms with Gasteiger partial charge in [-0.05, 0) is 36.8 Å². The molecule has 2 atom stereocenters. The van der Waals surface area contributed by atoms with Gasteiger partial charge >= 0.3 is 0 Å². The van der Waals surface area contributed by atoms with Crippen molar-refractivity contribution in [3.05, 3.63) is 24.2 Å². The molecule has 1 aliphatic rings. The van der Waals surface area contributed by atoms with Gasteiger partial charge in [0.25, 0.3) is 0 Å². The molecule has 3 rings (SSSR count). The summed E-state index contributed by atoms with van der Waals surface area (Å²) in [6.45, 7) is 7.51. The lowest BCUT2D eigenvalue weighted by molar-refractivity contribution is 0.350. The van der Waals surface area contributed by atoms with Crippen LogP contribution in [0.15, 0.2) is 28.0 Å². The molecule has 1 fully saturated rings. The fourth-order valence-corrected chi connectivity index (χ4v) is 5.02. The van der Waals surface area contributed by atoms with Crippen molar-refractivity contribution in [1.29, 1.82) is 0 Å². The Bertz CT molecular complexity index is 841. The van der Waals surface area contributed by atoms with Crippen molar-refractivity contribution in [2.45, 2.75) is 38.4 Å². The number of nitrogens with zero attached hydrogens (tertiary/aromatic N) is 4. The van der Waals surface area contributed by atoms with Gasteiger partial charge in [0.05, 0.1) is 19.1 Å². The molecule has 8 nitrogen and oxygen atoms in total. The average molecular weight is 428 g/mol. The van der Waals surface area contributed by atoms with Gasteiger partial charge in [-0.25, -0.2) is 13.1 Å². The lowest BCUT2D eigenvalue weighted by Gasteiger charge is -2.35. The second kappa shape index (κ2) is 9.32. The van der Waals surface area contributed by atoms with Crippen molar-refractivity contribution in [3.8, 4) is 0 Å². The van der Waals surface area contributed by atoms with E-state index in [1.165, 1.54) is 12.7 Å². The highest BCUT2D eigenvalue weighted by Crippen LogP contribution is 2.29. The monoisotopic (exact) mass is 427 g/mol. The second-order valence-electron chi connectivity index (χ2n) is 7.67. The number of hydrogen-bond donors (Lipinski definition) is 1. The van der Waals surface area contributed by atoms with Crippen LogP contribution in [0.4, 0.5) is 5.95 Å². The Balaban J connectivity index is 1.71. The molecule has 0 aliphatic carbocycles. The summed E-state index contributed by atoms with van der Waals surface area (Å²) >= 11 is 1.59. The van der Waals surface area contributed by atoms with E-state index in [2.05, 4.69) is 38.2 Å². The lowest BCUT2D eigenvalue weighted by atomic mass is 9.92. The van der Waals surface area contributed by atoms with E-state index in [9.17, 15) is 8.42 Å². The zero-order chi connectivity index (χ0) is 20.1.